The number of nitrogens with one attached hydrogen (secondary N) is 8. The predicted octanol–water partition coefficient (Wildman–Crippen LogP) is -0.0106. The molecule has 0 unspecified atom stereocenters. The fourth-order valence-electron chi connectivity index (χ4n) is 10.4. The summed E-state index contributed by atoms with van der Waals surface area (Å²) in [5.41, 5.74) is 8.19. The van der Waals surface area contributed by atoms with Crippen molar-refractivity contribution in [2.75, 3.05) is 19.6 Å². The van der Waals surface area contributed by atoms with Crippen LogP contribution < -0.4 is 48.3 Å². The number of carbonyl (C=O) groups excluding carboxylic acids is 9. The van der Waals surface area contributed by atoms with Crippen LogP contribution in [0.25, 0.3) is 0 Å². The number of aromatic hydroxyl groups is 5. The number of hydrogen-bond acceptors (Lipinski definition) is 17. The zero-order valence-electron chi connectivity index (χ0n) is 51.2. The van der Waals surface area contributed by atoms with Gasteiger partial charge in [-0.2, -0.15) is 0 Å². The van der Waals surface area contributed by atoms with Gasteiger partial charge >= 0.3 is 11.9 Å². The minimum Gasteiger partial charge on any atom is -0.508 e. The third-order valence-corrected chi connectivity index (χ3v) is 15.4. The van der Waals surface area contributed by atoms with E-state index in [-0.39, 0.29) is 80.2 Å². The molecule has 1 saturated heterocycles. The van der Waals surface area contributed by atoms with Crippen molar-refractivity contribution in [3.63, 3.8) is 0 Å². The average Bonchev–Trinajstić information content (AvgIpc) is 1.86. The Morgan fingerprint density at radius 3 is 1.08 bits per heavy atom. The Morgan fingerprint density at radius 1 is 0.400 bits per heavy atom. The lowest BCUT2D eigenvalue weighted by Crippen LogP contribution is -2.60. The molecule has 17 N–H and O–H groups in total. The van der Waals surface area contributed by atoms with E-state index in [9.17, 15) is 88.5 Å². The van der Waals surface area contributed by atoms with Crippen LogP contribution in [-0.2, 0) is 91.3 Å². The van der Waals surface area contributed by atoms with Crippen LogP contribution in [0.5, 0.6) is 28.7 Å². The Balaban J connectivity index is 1.10. The Labute approximate surface area is 544 Å². The van der Waals surface area contributed by atoms with Crippen LogP contribution in [0.3, 0.4) is 0 Å². The number of aliphatic carboxylic acids is 2. The highest BCUT2D eigenvalue weighted by atomic mass is 16.4. The lowest BCUT2D eigenvalue weighted by atomic mass is 10.00. The van der Waals surface area contributed by atoms with E-state index in [1.54, 1.807) is 30.3 Å². The maximum Gasteiger partial charge on any atom is 0.326 e. The second kappa shape index (κ2) is 34.2. The molecule has 1 fully saturated rings. The van der Waals surface area contributed by atoms with Crippen LogP contribution in [0.15, 0.2) is 152 Å². The zero-order chi connectivity index (χ0) is 68.7. The molecule has 28 nitrogen and oxygen atoms in total. The molecule has 8 atom stereocenters. The smallest absolute Gasteiger partial charge is 0.326 e. The minimum absolute atomic E-state index is 0.0211. The Bertz CT molecular complexity index is 3670. The molecule has 1 aliphatic rings. The summed E-state index contributed by atoms with van der Waals surface area (Å²) in [4.78, 5) is 153. The number of benzene rings is 6. The molecule has 0 spiro atoms. The molecular formula is C67H74N10O18. The quantitative estimate of drug-likeness (QED) is 0.0264. The highest BCUT2D eigenvalue weighted by Crippen LogP contribution is 2.21. The molecule has 0 bridgehead atoms. The maximum atomic E-state index is 14.9. The molecule has 1 heterocycles. The van der Waals surface area contributed by atoms with Gasteiger partial charge in [0.2, 0.25) is 53.2 Å². The monoisotopic (exact) mass is 1310 g/mol. The number of nitrogens with two attached hydrogens (primary N) is 1. The zero-order valence-corrected chi connectivity index (χ0v) is 51.2. The molecule has 6 aromatic rings. The fraction of sp³-hybridized carbons (Fsp3) is 0.299. The van der Waals surface area contributed by atoms with E-state index in [0.29, 0.717) is 39.8 Å². The molecule has 28 heteroatoms. The van der Waals surface area contributed by atoms with E-state index in [1.807, 2.05) is 0 Å². The van der Waals surface area contributed by atoms with Crippen LogP contribution in [0.1, 0.15) is 52.6 Å². The van der Waals surface area contributed by atoms with Crippen LogP contribution >= 0.6 is 0 Å². The molecule has 0 radical (unpaired) electrons. The van der Waals surface area contributed by atoms with Crippen molar-refractivity contribution < 1.29 is 88.5 Å². The number of rotatable bonds is 32. The largest absolute Gasteiger partial charge is 0.508 e. The highest BCUT2D eigenvalue weighted by molar-refractivity contribution is 5.99. The van der Waals surface area contributed by atoms with E-state index < -0.39 is 133 Å². The number of likely N-dealkylation sites (tertiary alicyclic amines) is 1. The van der Waals surface area contributed by atoms with Gasteiger partial charge in [-0.1, -0.05) is 91.0 Å². The maximum absolute atomic E-state index is 14.9. The molecule has 0 saturated carbocycles. The number of phenolic OH excluding ortho intramolecular Hbond substituents is 5. The number of hydrogen-bond donors (Lipinski definition) is 16. The summed E-state index contributed by atoms with van der Waals surface area (Å²) < 4.78 is 0. The molecule has 1 aliphatic heterocycles. The lowest BCUT2D eigenvalue weighted by molar-refractivity contribution is -0.143. The lowest BCUT2D eigenvalue weighted by Gasteiger charge is -2.29. The Kier molecular flexibility index (Phi) is 25.5. The van der Waals surface area contributed by atoms with Gasteiger partial charge in [-0.25, -0.2) is 4.79 Å². The molecule has 7 rings (SSSR count). The molecule has 0 aromatic heterocycles. The predicted molar refractivity (Wildman–Crippen MR) is 339 cm³/mol. The summed E-state index contributed by atoms with van der Waals surface area (Å²) in [6.07, 6.45) is -2.09. The number of phenols is 5. The van der Waals surface area contributed by atoms with Crippen molar-refractivity contribution in [1.82, 2.24) is 47.4 Å². The summed E-state index contributed by atoms with van der Waals surface area (Å²) in [6, 6.07) is 24.1. The first kappa shape index (κ1) is 70.9. The minimum atomic E-state index is -1.91. The summed E-state index contributed by atoms with van der Waals surface area (Å²) in [6.45, 7) is -1.14. The van der Waals surface area contributed by atoms with Gasteiger partial charge in [0.25, 0.3) is 0 Å². The summed E-state index contributed by atoms with van der Waals surface area (Å²) in [5.74, 6) is -11.8. The van der Waals surface area contributed by atoms with Crippen molar-refractivity contribution >= 4 is 65.1 Å². The van der Waals surface area contributed by atoms with Crippen molar-refractivity contribution in [1.29, 1.82) is 0 Å². The summed E-state index contributed by atoms with van der Waals surface area (Å²) in [7, 11) is 0. The first-order chi connectivity index (χ1) is 45.4. The first-order valence-electron chi connectivity index (χ1n) is 30.2. The molecule has 0 aliphatic carbocycles. The second-order valence-electron chi connectivity index (χ2n) is 22.6. The number of nitrogens with zero attached hydrogens (tertiary/aromatic N) is 1. The fourth-order valence-corrected chi connectivity index (χ4v) is 10.4. The number of amides is 9. The van der Waals surface area contributed by atoms with E-state index in [4.69, 9.17) is 5.73 Å². The normalized spacial score (nSPS) is 14.7. The van der Waals surface area contributed by atoms with Crippen molar-refractivity contribution in [2.24, 2.45) is 5.73 Å². The Hall–Kier alpha value is -11.6. The first-order valence-corrected chi connectivity index (χ1v) is 30.2. The second-order valence-corrected chi connectivity index (χ2v) is 22.6. The third-order valence-electron chi connectivity index (χ3n) is 15.4. The summed E-state index contributed by atoms with van der Waals surface area (Å²) >= 11 is 0. The number of carbonyl (C=O) groups is 11. The van der Waals surface area contributed by atoms with Crippen LogP contribution in [0.4, 0.5) is 0 Å². The van der Waals surface area contributed by atoms with Gasteiger partial charge in [0, 0.05) is 45.1 Å². The van der Waals surface area contributed by atoms with E-state index in [1.165, 1.54) is 126 Å². The molecule has 500 valence electrons. The van der Waals surface area contributed by atoms with E-state index in [2.05, 4.69) is 42.5 Å². The molecule has 6 aromatic carbocycles. The topological polar surface area (TPSA) is 455 Å². The van der Waals surface area contributed by atoms with Crippen molar-refractivity contribution in [2.45, 2.75) is 106 Å². The number of carboxylic acids is 2. The standard InChI is InChI=1S/C67H74N10O18/c68-36-57(83)70-50(31-40-10-20-45(79)21-11-40)61(88)71-49(30-39-8-18-44(78)19-9-39)60(87)69-37-58(84)77-28-4-7-56(77)66(93)75-53(33-42-14-24-47(81)25-15-42)64(91)73-52(32-41-12-22-46(80)23-13-41)62(89)72-51(29-38-5-2-1-3-6-38)63(90)74-54(35-59(85)86)65(92)76-55(67(94)95)34-43-16-26-48(82)27-17-43/h1-3,5-6,8-27,49-56,78-82H,4,7,28-37,68H2,(H,69,87)(H,70,83)(H,71,88)(H,72,89)(H,73,91)(H,74,90)(H,75,93)(H,76,92)(H,85,86)(H,94,95)/t49-,50-,51-,52-,53-,54-,55-,56-/m0/s1. The van der Waals surface area contributed by atoms with Crippen molar-refractivity contribution in [3.8, 4) is 28.7 Å². The van der Waals surface area contributed by atoms with E-state index >= 15 is 0 Å². The van der Waals surface area contributed by atoms with Gasteiger partial charge in [-0.15, -0.1) is 0 Å². The van der Waals surface area contributed by atoms with Gasteiger partial charge in [0.15, 0.2) is 0 Å². The van der Waals surface area contributed by atoms with E-state index in [0.717, 1.165) is 0 Å². The van der Waals surface area contributed by atoms with Gasteiger partial charge in [0.1, 0.15) is 77.1 Å². The summed E-state index contributed by atoms with van der Waals surface area (Å²) in [5, 5.41) is 90.0. The van der Waals surface area contributed by atoms with Crippen LogP contribution in [0.2, 0.25) is 0 Å². The Morgan fingerprint density at radius 2 is 0.716 bits per heavy atom. The van der Waals surface area contributed by atoms with Gasteiger partial charge < -0.3 is 88.9 Å². The molecule has 95 heavy (non-hydrogen) atoms. The average molecular weight is 1310 g/mol. The molecule has 9 amide bonds. The van der Waals surface area contributed by atoms with Gasteiger partial charge in [0.05, 0.1) is 19.5 Å². The van der Waals surface area contributed by atoms with Crippen LogP contribution in [0, 0.1) is 0 Å². The van der Waals surface area contributed by atoms with Crippen LogP contribution in [-0.4, -0.2) is 174 Å². The van der Waals surface area contributed by atoms with Crippen molar-refractivity contribution in [3.05, 3.63) is 185 Å². The number of carboxylic acid groups (broad SMARTS) is 2. The molecular weight excluding hydrogens is 1230 g/mol. The van der Waals surface area contributed by atoms with Gasteiger partial charge in [-0.3, -0.25) is 47.9 Å². The highest BCUT2D eigenvalue weighted by Gasteiger charge is 2.39. The SMILES string of the molecule is NCC(=O)N[C@@H](Cc1ccc(O)cc1)C(=O)N[C@@H](Cc1ccc(O)cc1)C(=O)NCC(=O)N1CCC[C@H]1C(=O)N[C@@H](Cc1ccc(O)cc1)C(=O)N[C@@H](Cc1ccc(O)cc1)C(=O)N[C@@H](Cc1ccccc1)C(=O)N[C@@H](CC(=O)O)C(=O)N[C@@H](Cc1ccc(O)cc1)C(=O)O. The van der Waals surface area contributed by atoms with Gasteiger partial charge in [-0.05, 0) is 107 Å². The third kappa shape index (κ3) is 22.1.